The molecule has 4 heteroatoms. The summed E-state index contributed by atoms with van der Waals surface area (Å²) in [6, 6.07) is 14.9. The number of rotatable bonds is 4. The number of hydrogen-bond acceptors (Lipinski definition) is 2. The number of fused-ring (bicyclic) bond motifs is 1. The minimum Gasteiger partial charge on any atom is -0.478 e. The van der Waals surface area contributed by atoms with E-state index < -0.39 is 5.97 Å². The molecule has 0 aliphatic rings. The van der Waals surface area contributed by atoms with Gasteiger partial charge < -0.3 is 5.11 Å². The van der Waals surface area contributed by atoms with Crippen molar-refractivity contribution >= 4 is 28.5 Å². The first kappa shape index (κ1) is 16.5. The topological polar surface area (TPSA) is 50.2 Å². The van der Waals surface area contributed by atoms with Crippen molar-refractivity contribution in [3.63, 3.8) is 0 Å². The molecule has 2 aromatic carbocycles. The Morgan fingerprint density at radius 1 is 1.21 bits per heavy atom. The molecule has 0 fully saturated rings. The fourth-order valence-electron chi connectivity index (χ4n) is 2.76. The van der Waals surface area contributed by atoms with Crippen molar-refractivity contribution in [2.75, 3.05) is 0 Å². The molecular weight excluding hydrogens is 322 g/mol. The van der Waals surface area contributed by atoms with Gasteiger partial charge in [0.2, 0.25) is 0 Å². The van der Waals surface area contributed by atoms with E-state index in [-0.39, 0.29) is 5.56 Å². The second-order valence-electron chi connectivity index (χ2n) is 5.93. The molecule has 122 valence electrons. The van der Waals surface area contributed by atoms with Gasteiger partial charge in [0, 0.05) is 10.9 Å². The molecule has 0 aliphatic carbocycles. The van der Waals surface area contributed by atoms with Crippen molar-refractivity contribution in [1.82, 2.24) is 4.98 Å². The number of carboxylic acids is 1. The Bertz CT molecular complexity index is 903. The van der Waals surface area contributed by atoms with Crippen LogP contribution in [-0.4, -0.2) is 16.1 Å². The third-order valence-corrected chi connectivity index (χ3v) is 4.71. The lowest BCUT2D eigenvalue weighted by atomic mass is 9.96. The maximum Gasteiger partial charge on any atom is 0.336 e. The highest BCUT2D eigenvalue weighted by atomic mass is 35.5. The second kappa shape index (κ2) is 6.62. The predicted octanol–water partition coefficient (Wildman–Crippen LogP) is 5.77. The number of carboxylic acid groups (broad SMARTS) is 1. The van der Waals surface area contributed by atoms with Crippen LogP contribution < -0.4 is 0 Å². The number of pyridine rings is 1. The molecule has 3 aromatic rings. The number of benzene rings is 2. The standard InChI is InChI=1S/C20H18ClNO2/c1-3-12(2)13-7-9-14(10-8-13)18-11-16(20(23)24)15-5-4-6-17(21)19(15)22-18/h4-12H,3H2,1-2H3,(H,23,24)/t12-/m0/s1. The van der Waals surface area contributed by atoms with E-state index in [9.17, 15) is 9.90 Å². The van der Waals surface area contributed by atoms with E-state index in [4.69, 9.17) is 11.6 Å². The summed E-state index contributed by atoms with van der Waals surface area (Å²) in [6.07, 6.45) is 1.08. The summed E-state index contributed by atoms with van der Waals surface area (Å²) in [6.45, 7) is 4.34. The molecule has 24 heavy (non-hydrogen) atoms. The summed E-state index contributed by atoms with van der Waals surface area (Å²) in [7, 11) is 0. The molecule has 0 aliphatic heterocycles. The summed E-state index contributed by atoms with van der Waals surface area (Å²) in [5, 5.41) is 10.5. The smallest absolute Gasteiger partial charge is 0.336 e. The van der Waals surface area contributed by atoms with Gasteiger partial charge in [-0.3, -0.25) is 0 Å². The first-order valence-corrected chi connectivity index (χ1v) is 8.32. The van der Waals surface area contributed by atoms with E-state index in [0.717, 1.165) is 12.0 Å². The molecule has 1 N–H and O–H groups in total. The number of nitrogens with zero attached hydrogens (tertiary/aromatic N) is 1. The molecule has 3 rings (SSSR count). The summed E-state index contributed by atoms with van der Waals surface area (Å²) >= 11 is 6.22. The Morgan fingerprint density at radius 3 is 2.54 bits per heavy atom. The number of hydrogen-bond donors (Lipinski definition) is 1. The SMILES string of the molecule is CC[C@H](C)c1ccc(-c2cc(C(=O)O)c3cccc(Cl)c3n2)cc1. The molecule has 0 bridgehead atoms. The van der Waals surface area contributed by atoms with Crippen molar-refractivity contribution in [2.24, 2.45) is 0 Å². The van der Waals surface area contributed by atoms with Crippen LogP contribution in [0.2, 0.25) is 5.02 Å². The number of aromatic carboxylic acids is 1. The van der Waals surface area contributed by atoms with Crippen LogP contribution >= 0.6 is 11.6 Å². The second-order valence-corrected chi connectivity index (χ2v) is 6.33. The maximum atomic E-state index is 11.6. The molecule has 0 unspecified atom stereocenters. The highest BCUT2D eigenvalue weighted by Gasteiger charge is 2.14. The van der Waals surface area contributed by atoms with Crippen LogP contribution in [0.1, 0.15) is 42.1 Å². The van der Waals surface area contributed by atoms with Crippen LogP contribution in [0, 0.1) is 0 Å². The average molecular weight is 340 g/mol. The Morgan fingerprint density at radius 2 is 1.92 bits per heavy atom. The van der Waals surface area contributed by atoms with E-state index in [2.05, 4.69) is 31.0 Å². The number of halogens is 1. The highest BCUT2D eigenvalue weighted by molar-refractivity contribution is 6.35. The van der Waals surface area contributed by atoms with E-state index in [0.29, 0.717) is 27.5 Å². The summed E-state index contributed by atoms with van der Waals surface area (Å²) in [5.74, 6) is -0.491. The van der Waals surface area contributed by atoms with Gasteiger partial charge in [0.25, 0.3) is 0 Å². The van der Waals surface area contributed by atoms with Crippen LogP contribution in [0.5, 0.6) is 0 Å². The van der Waals surface area contributed by atoms with Crippen LogP contribution in [0.25, 0.3) is 22.2 Å². The molecule has 0 amide bonds. The minimum absolute atomic E-state index is 0.212. The lowest BCUT2D eigenvalue weighted by molar-refractivity contribution is 0.0699. The zero-order valence-electron chi connectivity index (χ0n) is 13.6. The average Bonchev–Trinajstić information content (AvgIpc) is 2.60. The Kier molecular flexibility index (Phi) is 4.54. The zero-order valence-corrected chi connectivity index (χ0v) is 14.3. The van der Waals surface area contributed by atoms with Gasteiger partial charge in [-0.15, -0.1) is 0 Å². The van der Waals surface area contributed by atoms with Gasteiger partial charge in [-0.2, -0.15) is 0 Å². The molecule has 1 atom stereocenters. The van der Waals surface area contributed by atoms with E-state index in [1.54, 1.807) is 24.3 Å². The third kappa shape index (κ3) is 3.00. The van der Waals surface area contributed by atoms with Gasteiger partial charge in [0.15, 0.2) is 0 Å². The summed E-state index contributed by atoms with van der Waals surface area (Å²) in [5.41, 5.74) is 3.48. The van der Waals surface area contributed by atoms with Gasteiger partial charge in [0.05, 0.1) is 21.8 Å². The van der Waals surface area contributed by atoms with Crippen LogP contribution in [0.15, 0.2) is 48.5 Å². The molecule has 0 radical (unpaired) electrons. The van der Waals surface area contributed by atoms with Gasteiger partial charge in [0.1, 0.15) is 0 Å². The van der Waals surface area contributed by atoms with Gasteiger partial charge >= 0.3 is 5.97 Å². The summed E-state index contributed by atoms with van der Waals surface area (Å²) in [4.78, 5) is 16.2. The molecule has 1 aromatic heterocycles. The zero-order chi connectivity index (χ0) is 17.3. The Balaban J connectivity index is 2.16. The van der Waals surface area contributed by atoms with E-state index in [1.165, 1.54) is 5.56 Å². The predicted molar refractivity (Wildman–Crippen MR) is 97.9 cm³/mol. The number of para-hydroxylation sites is 1. The maximum absolute atomic E-state index is 11.6. The van der Waals surface area contributed by atoms with Crippen molar-refractivity contribution in [2.45, 2.75) is 26.2 Å². The normalized spacial score (nSPS) is 12.3. The molecular formula is C20H18ClNO2. The molecule has 3 nitrogen and oxygen atoms in total. The first-order chi connectivity index (χ1) is 11.5. The van der Waals surface area contributed by atoms with Crippen LogP contribution in [0.3, 0.4) is 0 Å². The van der Waals surface area contributed by atoms with Gasteiger partial charge in [-0.05, 0) is 30.0 Å². The lowest BCUT2D eigenvalue weighted by Crippen LogP contribution is -2.00. The van der Waals surface area contributed by atoms with Gasteiger partial charge in [-0.1, -0.05) is 61.8 Å². The monoisotopic (exact) mass is 339 g/mol. The quantitative estimate of drug-likeness (QED) is 0.656. The summed E-state index contributed by atoms with van der Waals surface area (Å²) < 4.78 is 0. The largest absolute Gasteiger partial charge is 0.478 e. The fraction of sp³-hybridized carbons (Fsp3) is 0.200. The number of aromatic nitrogens is 1. The highest BCUT2D eigenvalue weighted by Crippen LogP contribution is 2.30. The van der Waals surface area contributed by atoms with Gasteiger partial charge in [-0.25, -0.2) is 9.78 Å². The molecule has 0 saturated carbocycles. The molecule has 0 spiro atoms. The Labute approximate surface area is 145 Å². The van der Waals surface area contributed by atoms with Crippen molar-refractivity contribution < 1.29 is 9.90 Å². The van der Waals surface area contributed by atoms with Crippen molar-refractivity contribution in [1.29, 1.82) is 0 Å². The minimum atomic E-state index is -0.984. The first-order valence-electron chi connectivity index (χ1n) is 7.94. The third-order valence-electron chi connectivity index (χ3n) is 4.41. The van der Waals surface area contributed by atoms with Crippen molar-refractivity contribution in [3.05, 3.63) is 64.7 Å². The molecule has 1 heterocycles. The number of carbonyl (C=O) groups is 1. The van der Waals surface area contributed by atoms with Crippen LogP contribution in [0.4, 0.5) is 0 Å². The Hall–Kier alpha value is -2.39. The molecule has 0 saturated heterocycles. The lowest BCUT2D eigenvalue weighted by Gasteiger charge is -2.11. The van der Waals surface area contributed by atoms with Crippen molar-refractivity contribution in [3.8, 4) is 11.3 Å². The van der Waals surface area contributed by atoms with Crippen LogP contribution in [-0.2, 0) is 0 Å². The van der Waals surface area contributed by atoms with E-state index >= 15 is 0 Å². The van der Waals surface area contributed by atoms with E-state index in [1.807, 2.05) is 12.1 Å². The fourth-order valence-corrected chi connectivity index (χ4v) is 2.97.